The lowest BCUT2D eigenvalue weighted by atomic mass is 9.79. The minimum absolute atomic E-state index is 0.201. The lowest BCUT2D eigenvalue weighted by Crippen LogP contribution is -2.22. The molecule has 0 aromatic carbocycles. The molecule has 3 nitrogen and oxygen atoms in total. The minimum atomic E-state index is 0.201. The summed E-state index contributed by atoms with van der Waals surface area (Å²) in [5, 5.41) is 0. The predicted octanol–water partition coefficient (Wildman–Crippen LogP) is 2.55. The Morgan fingerprint density at radius 2 is 2.35 bits per heavy atom. The van der Waals surface area contributed by atoms with E-state index >= 15 is 0 Å². The number of Topliss-reactive ketones (excluding diaryl/α,β-unsaturated/α-hetero) is 1. The fourth-order valence-electron chi connectivity index (χ4n) is 2.65. The second kappa shape index (κ2) is 5.41. The Bertz CT molecular complexity index is 403. The number of nitrogens with zero attached hydrogens (tertiary/aromatic N) is 1. The normalized spacial score (nSPS) is 24.6. The van der Waals surface area contributed by atoms with Gasteiger partial charge in [-0.3, -0.25) is 9.78 Å². The Morgan fingerprint density at radius 3 is 3.06 bits per heavy atom. The predicted molar refractivity (Wildman–Crippen MR) is 67.6 cm³/mol. The van der Waals surface area contributed by atoms with Crippen LogP contribution in [-0.4, -0.2) is 10.8 Å². The van der Waals surface area contributed by atoms with E-state index in [-0.39, 0.29) is 11.7 Å². The Hall–Kier alpha value is -1.22. The second-order valence-corrected chi connectivity index (χ2v) is 5.07. The molecular formula is C14H20N2O. The smallest absolute Gasteiger partial charge is 0.166 e. The van der Waals surface area contributed by atoms with Gasteiger partial charge in [0.1, 0.15) is 0 Å². The molecule has 17 heavy (non-hydrogen) atoms. The monoisotopic (exact) mass is 232 g/mol. The van der Waals surface area contributed by atoms with Gasteiger partial charge in [0.05, 0.1) is 5.69 Å². The summed E-state index contributed by atoms with van der Waals surface area (Å²) in [6.07, 6.45) is 6.17. The summed E-state index contributed by atoms with van der Waals surface area (Å²) in [4.78, 5) is 16.5. The molecule has 1 heterocycles. The van der Waals surface area contributed by atoms with Crippen LogP contribution >= 0.6 is 0 Å². The zero-order valence-electron chi connectivity index (χ0n) is 10.4. The number of hydrogen-bond donors (Lipinski definition) is 1. The molecule has 0 spiro atoms. The van der Waals surface area contributed by atoms with Gasteiger partial charge in [-0.2, -0.15) is 0 Å². The van der Waals surface area contributed by atoms with Gasteiger partial charge in [-0.15, -0.1) is 0 Å². The van der Waals surface area contributed by atoms with Gasteiger partial charge >= 0.3 is 0 Å². The van der Waals surface area contributed by atoms with Crippen molar-refractivity contribution in [3.05, 3.63) is 29.6 Å². The maximum atomic E-state index is 12.3. The van der Waals surface area contributed by atoms with Gasteiger partial charge in [0, 0.05) is 24.2 Å². The molecule has 1 aliphatic carbocycles. The van der Waals surface area contributed by atoms with Crippen LogP contribution in [0.5, 0.6) is 0 Å². The number of rotatable bonds is 3. The number of pyridine rings is 1. The number of carbonyl (C=O) groups is 1. The highest BCUT2D eigenvalue weighted by atomic mass is 16.1. The molecule has 2 atom stereocenters. The first-order valence-corrected chi connectivity index (χ1v) is 6.40. The molecule has 0 saturated heterocycles. The molecule has 1 saturated carbocycles. The molecule has 0 bridgehead atoms. The van der Waals surface area contributed by atoms with Crippen LogP contribution in [0.15, 0.2) is 18.3 Å². The second-order valence-electron chi connectivity index (χ2n) is 5.07. The van der Waals surface area contributed by atoms with Gasteiger partial charge < -0.3 is 5.73 Å². The standard InChI is InChI=1S/C14H20N2O/c1-10-3-2-4-11(7-10)14(17)12-5-6-16-13(8-12)9-15/h5-6,8,10-11H,2-4,7,9,15H2,1H3. The van der Waals surface area contributed by atoms with E-state index in [4.69, 9.17) is 5.73 Å². The molecule has 0 aliphatic heterocycles. The Kier molecular flexibility index (Phi) is 3.89. The lowest BCUT2D eigenvalue weighted by Gasteiger charge is -2.25. The van der Waals surface area contributed by atoms with E-state index in [9.17, 15) is 4.79 Å². The quantitative estimate of drug-likeness (QED) is 0.815. The van der Waals surface area contributed by atoms with Gasteiger partial charge in [-0.25, -0.2) is 0 Å². The van der Waals surface area contributed by atoms with Crippen molar-refractivity contribution in [1.82, 2.24) is 4.98 Å². The van der Waals surface area contributed by atoms with E-state index in [1.165, 1.54) is 12.8 Å². The topological polar surface area (TPSA) is 56.0 Å². The number of hydrogen-bond acceptors (Lipinski definition) is 3. The maximum absolute atomic E-state index is 12.3. The average molecular weight is 232 g/mol. The van der Waals surface area contributed by atoms with Crippen molar-refractivity contribution in [3.8, 4) is 0 Å². The number of aromatic nitrogens is 1. The van der Waals surface area contributed by atoms with Gasteiger partial charge in [0.2, 0.25) is 0 Å². The molecule has 0 amide bonds. The van der Waals surface area contributed by atoms with Crippen molar-refractivity contribution in [2.75, 3.05) is 0 Å². The van der Waals surface area contributed by atoms with Gasteiger partial charge in [-0.1, -0.05) is 19.8 Å². The molecule has 1 aromatic heterocycles. The maximum Gasteiger partial charge on any atom is 0.166 e. The van der Waals surface area contributed by atoms with E-state index in [1.807, 2.05) is 6.07 Å². The number of ketones is 1. The van der Waals surface area contributed by atoms with Gasteiger partial charge in [-0.05, 0) is 30.9 Å². The highest BCUT2D eigenvalue weighted by Gasteiger charge is 2.25. The zero-order chi connectivity index (χ0) is 12.3. The summed E-state index contributed by atoms with van der Waals surface area (Å²) in [6.45, 7) is 2.62. The van der Waals surface area contributed by atoms with Crippen LogP contribution in [0.25, 0.3) is 0 Å². The van der Waals surface area contributed by atoms with Crippen LogP contribution in [0.2, 0.25) is 0 Å². The lowest BCUT2D eigenvalue weighted by molar-refractivity contribution is 0.0868. The van der Waals surface area contributed by atoms with Crippen molar-refractivity contribution in [1.29, 1.82) is 0 Å². The third kappa shape index (κ3) is 2.91. The Morgan fingerprint density at radius 1 is 1.53 bits per heavy atom. The summed E-state index contributed by atoms with van der Waals surface area (Å²) >= 11 is 0. The van der Waals surface area contributed by atoms with Crippen molar-refractivity contribution in [3.63, 3.8) is 0 Å². The van der Waals surface area contributed by atoms with E-state index in [2.05, 4.69) is 11.9 Å². The van der Waals surface area contributed by atoms with E-state index in [0.29, 0.717) is 12.5 Å². The molecule has 2 unspecified atom stereocenters. The minimum Gasteiger partial charge on any atom is -0.325 e. The van der Waals surface area contributed by atoms with E-state index < -0.39 is 0 Å². The molecule has 0 radical (unpaired) electrons. The van der Waals surface area contributed by atoms with Crippen LogP contribution in [0.4, 0.5) is 0 Å². The summed E-state index contributed by atoms with van der Waals surface area (Å²) in [5.74, 6) is 1.15. The van der Waals surface area contributed by atoms with Gasteiger partial charge in [0.15, 0.2) is 5.78 Å². The molecule has 1 aliphatic rings. The molecule has 2 N–H and O–H groups in total. The zero-order valence-corrected chi connectivity index (χ0v) is 10.4. The molecule has 2 rings (SSSR count). The molecule has 92 valence electrons. The largest absolute Gasteiger partial charge is 0.325 e. The number of carbonyl (C=O) groups excluding carboxylic acids is 1. The summed E-state index contributed by atoms with van der Waals surface area (Å²) < 4.78 is 0. The molecule has 3 heteroatoms. The first-order chi connectivity index (χ1) is 8.20. The van der Waals surface area contributed by atoms with Crippen LogP contribution < -0.4 is 5.73 Å². The average Bonchev–Trinajstić information content (AvgIpc) is 2.38. The van der Waals surface area contributed by atoms with Crippen LogP contribution in [0.1, 0.15) is 48.7 Å². The summed E-state index contributed by atoms with van der Waals surface area (Å²) in [5.41, 5.74) is 7.11. The summed E-state index contributed by atoms with van der Waals surface area (Å²) in [6, 6.07) is 3.64. The van der Waals surface area contributed by atoms with E-state index in [0.717, 1.165) is 24.1 Å². The van der Waals surface area contributed by atoms with Crippen molar-refractivity contribution < 1.29 is 4.79 Å². The Labute approximate surface area is 102 Å². The number of nitrogens with two attached hydrogens (primary N) is 1. The van der Waals surface area contributed by atoms with Crippen LogP contribution in [0.3, 0.4) is 0 Å². The van der Waals surface area contributed by atoms with Gasteiger partial charge in [0.25, 0.3) is 0 Å². The van der Waals surface area contributed by atoms with E-state index in [1.54, 1.807) is 12.3 Å². The molecular weight excluding hydrogens is 212 g/mol. The van der Waals surface area contributed by atoms with Crippen LogP contribution in [-0.2, 0) is 6.54 Å². The third-order valence-electron chi connectivity index (χ3n) is 3.62. The molecule has 1 fully saturated rings. The first kappa shape index (κ1) is 12.2. The molecule has 1 aromatic rings. The Balaban J connectivity index is 2.12. The van der Waals surface area contributed by atoms with Crippen LogP contribution in [0, 0.1) is 11.8 Å². The van der Waals surface area contributed by atoms with Crippen molar-refractivity contribution in [2.24, 2.45) is 17.6 Å². The summed E-state index contributed by atoms with van der Waals surface area (Å²) in [7, 11) is 0. The highest BCUT2D eigenvalue weighted by Crippen LogP contribution is 2.30. The van der Waals surface area contributed by atoms with Crippen molar-refractivity contribution >= 4 is 5.78 Å². The fraction of sp³-hybridized carbons (Fsp3) is 0.571. The SMILES string of the molecule is CC1CCCC(C(=O)c2ccnc(CN)c2)C1. The highest BCUT2D eigenvalue weighted by molar-refractivity contribution is 5.97. The van der Waals surface area contributed by atoms with Crippen molar-refractivity contribution in [2.45, 2.75) is 39.2 Å². The fourth-order valence-corrected chi connectivity index (χ4v) is 2.65. The third-order valence-corrected chi connectivity index (χ3v) is 3.62. The first-order valence-electron chi connectivity index (χ1n) is 6.40.